The number of esters is 1. The van der Waals surface area contributed by atoms with Gasteiger partial charge in [0, 0.05) is 17.1 Å². The maximum atomic E-state index is 12.2. The van der Waals surface area contributed by atoms with E-state index in [1.807, 2.05) is 18.4 Å². The summed E-state index contributed by atoms with van der Waals surface area (Å²) in [5, 5.41) is 4.89. The predicted molar refractivity (Wildman–Crippen MR) is 96.3 cm³/mol. The number of nitrogens with one attached hydrogen (secondary N) is 1. The number of hydrogen-bond acceptors (Lipinski definition) is 5. The van der Waals surface area contributed by atoms with Gasteiger partial charge in [-0.1, -0.05) is 13.0 Å². The summed E-state index contributed by atoms with van der Waals surface area (Å²) in [6, 6.07) is 10.8. The molecule has 0 atom stereocenters. The molecule has 0 aliphatic carbocycles. The lowest BCUT2D eigenvalue weighted by Gasteiger charge is -2.19. The molecule has 1 aromatic heterocycles. The number of carbonyl (C=O) groups excluding carboxylic acids is 2. The molecule has 0 saturated heterocycles. The zero-order chi connectivity index (χ0) is 17.4. The van der Waals surface area contributed by atoms with Crippen molar-refractivity contribution in [1.29, 1.82) is 0 Å². The predicted octanol–water partition coefficient (Wildman–Crippen LogP) is 3.39. The van der Waals surface area contributed by atoms with Crippen LogP contribution in [0.3, 0.4) is 0 Å². The first-order valence-corrected chi connectivity index (χ1v) is 8.82. The van der Waals surface area contributed by atoms with Gasteiger partial charge < -0.3 is 10.1 Å². The van der Waals surface area contributed by atoms with Gasteiger partial charge in [0.15, 0.2) is 0 Å². The van der Waals surface area contributed by atoms with Crippen molar-refractivity contribution in [3.8, 4) is 0 Å². The zero-order valence-corrected chi connectivity index (χ0v) is 14.8. The second-order valence-electron chi connectivity index (χ2n) is 5.23. The van der Waals surface area contributed by atoms with Gasteiger partial charge in [0.25, 0.3) is 0 Å². The van der Waals surface area contributed by atoms with Crippen molar-refractivity contribution in [3.05, 3.63) is 52.2 Å². The van der Waals surface area contributed by atoms with Gasteiger partial charge in [-0.2, -0.15) is 0 Å². The number of rotatable bonds is 8. The Morgan fingerprint density at radius 2 is 1.92 bits per heavy atom. The third kappa shape index (κ3) is 5.47. The molecular formula is C18H22N2O3S. The van der Waals surface area contributed by atoms with Gasteiger partial charge >= 0.3 is 5.97 Å². The van der Waals surface area contributed by atoms with E-state index in [0.717, 1.165) is 13.1 Å². The van der Waals surface area contributed by atoms with Crippen LogP contribution in [-0.4, -0.2) is 36.5 Å². The highest BCUT2D eigenvalue weighted by Crippen LogP contribution is 2.13. The van der Waals surface area contributed by atoms with Crippen LogP contribution in [0.1, 0.15) is 29.1 Å². The van der Waals surface area contributed by atoms with Gasteiger partial charge in [-0.15, -0.1) is 11.3 Å². The number of hydrogen-bond donors (Lipinski definition) is 1. The van der Waals surface area contributed by atoms with E-state index < -0.39 is 0 Å². The number of thiophene rings is 1. The summed E-state index contributed by atoms with van der Waals surface area (Å²) in [6.45, 7) is 6.04. The Bertz CT molecular complexity index is 653. The van der Waals surface area contributed by atoms with Crippen LogP contribution in [0, 0.1) is 0 Å². The number of carbonyl (C=O) groups is 2. The molecule has 1 N–H and O–H groups in total. The minimum atomic E-state index is -0.358. The van der Waals surface area contributed by atoms with Crippen molar-refractivity contribution >= 4 is 28.9 Å². The number of nitrogens with zero attached hydrogens (tertiary/aromatic N) is 1. The summed E-state index contributed by atoms with van der Waals surface area (Å²) in [5.74, 6) is -0.430. The molecule has 6 heteroatoms. The van der Waals surface area contributed by atoms with Crippen LogP contribution in [0.25, 0.3) is 0 Å². The second-order valence-corrected chi connectivity index (χ2v) is 6.26. The summed E-state index contributed by atoms with van der Waals surface area (Å²) < 4.78 is 4.93. The van der Waals surface area contributed by atoms with Gasteiger partial charge in [0.2, 0.25) is 5.91 Å². The number of ether oxygens (including phenoxy) is 1. The van der Waals surface area contributed by atoms with Crippen LogP contribution in [0.4, 0.5) is 5.69 Å². The summed E-state index contributed by atoms with van der Waals surface area (Å²) in [7, 11) is 0. The van der Waals surface area contributed by atoms with Crippen LogP contribution in [0.5, 0.6) is 0 Å². The van der Waals surface area contributed by atoms with Gasteiger partial charge in [0.1, 0.15) is 0 Å². The molecule has 0 aliphatic rings. The number of anilines is 1. The number of likely N-dealkylation sites (N-methyl/N-ethyl adjacent to an activating group) is 1. The molecule has 2 rings (SSSR count). The van der Waals surface area contributed by atoms with Crippen LogP contribution in [-0.2, 0) is 16.1 Å². The fourth-order valence-corrected chi connectivity index (χ4v) is 2.96. The summed E-state index contributed by atoms with van der Waals surface area (Å²) >= 11 is 1.69. The molecule has 0 fully saturated rings. The molecule has 1 aromatic carbocycles. The normalized spacial score (nSPS) is 10.6. The molecule has 0 bridgehead atoms. The maximum absolute atomic E-state index is 12.2. The van der Waals surface area contributed by atoms with E-state index in [9.17, 15) is 9.59 Å². The van der Waals surface area contributed by atoms with Crippen LogP contribution < -0.4 is 5.32 Å². The first kappa shape index (κ1) is 18.2. The highest BCUT2D eigenvalue weighted by Gasteiger charge is 2.11. The molecular weight excluding hydrogens is 324 g/mol. The molecule has 1 amide bonds. The van der Waals surface area contributed by atoms with E-state index in [4.69, 9.17) is 4.74 Å². The maximum Gasteiger partial charge on any atom is 0.338 e. The van der Waals surface area contributed by atoms with Gasteiger partial charge in [-0.3, -0.25) is 9.69 Å². The Balaban J connectivity index is 1.87. The van der Waals surface area contributed by atoms with E-state index in [1.54, 1.807) is 42.5 Å². The average Bonchev–Trinajstić information content (AvgIpc) is 3.08. The second kappa shape index (κ2) is 9.20. The molecule has 2 aromatic rings. The zero-order valence-electron chi connectivity index (χ0n) is 14.0. The summed E-state index contributed by atoms with van der Waals surface area (Å²) in [5.41, 5.74) is 1.14. The molecule has 1 heterocycles. The first-order valence-electron chi connectivity index (χ1n) is 7.94. The Kier molecular flexibility index (Phi) is 6.96. The average molecular weight is 346 g/mol. The standard InChI is InChI=1S/C18H22N2O3S/c1-3-20(12-16-6-5-11-24-16)13-17(21)19-15-9-7-14(8-10-15)18(22)23-4-2/h5-11H,3-4,12-13H2,1-2H3,(H,19,21). The van der Waals surface area contributed by atoms with Crippen LogP contribution >= 0.6 is 11.3 Å². The molecule has 0 aliphatic heterocycles. The van der Waals surface area contributed by atoms with E-state index in [0.29, 0.717) is 24.4 Å². The molecule has 0 radical (unpaired) electrons. The highest BCUT2D eigenvalue weighted by molar-refractivity contribution is 7.09. The topological polar surface area (TPSA) is 58.6 Å². The Morgan fingerprint density at radius 3 is 2.50 bits per heavy atom. The van der Waals surface area contributed by atoms with Crippen LogP contribution in [0.15, 0.2) is 41.8 Å². The Morgan fingerprint density at radius 1 is 1.17 bits per heavy atom. The van der Waals surface area contributed by atoms with Crippen molar-refractivity contribution in [3.63, 3.8) is 0 Å². The highest BCUT2D eigenvalue weighted by atomic mass is 32.1. The lowest BCUT2D eigenvalue weighted by molar-refractivity contribution is -0.117. The van der Waals surface area contributed by atoms with E-state index in [2.05, 4.69) is 16.3 Å². The molecule has 0 unspecified atom stereocenters. The van der Waals surface area contributed by atoms with E-state index in [-0.39, 0.29) is 11.9 Å². The number of amides is 1. The van der Waals surface area contributed by atoms with E-state index >= 15 is 0 Å². The Labute approximate surface area is 146 Å². The SMILES string of the molecule is CCOC(=O)c1ccc(NC(=O)CN(CC)Cc2cccs2)cc1. The van der Waals surface area contributed by atoms with Crippen LogP contribution in [0.2, 0.25) is 0 Å². The van der Waals surface area contributed by atoms with Crippen molar-refractivity contribution in [2.75, 3.05) is 25.0 Å². The van der Waals surface area contributed by atoms with Crippen molar-refractivity contribution in [2.45, 2.75) is 20.4 Å². The fraction of sp³-hybridized carbons (Fsp3) is 0.333. The third-order valence-corrected chi connectivity index (χ3v) is 4.31. The Hall–Kier alpha value is -2.18. The monoisotopic (exact) mass is 346 g/mol. The summed E-state index contributed by atoms with van der Waals surface area (Å²) in [6.07, 6.45) is 0. The smallest absolute Gasteiger partial charge is 0.338 e. The van der Waals surface area contributed by atoms with E-state index in [1.165, 1.54) is 4.88 Å². The van der Waals surface area contributed by atoms with Crippen molar-refractivity contribution in [1.82, 2.24) is 4.90 Å². The molecule has 24 heavy (non-hydrogen) atoms. The van der Waals surface area contributed by atoms with Gasteiger partial charge in [0.05, 0.1) is 18.7 Å². The lowest BCUT2D eigenvalue weighted by Crippen LogP contribution is -2.32. The fourth-order valence-electron chi connectivity index (χ4n) is 2.21. The van der Waals surface area contributed by atoms with Gasteiger partial charge in [-0.25, -0.2) is 4.79 Å². The van der Waals surface area contributed by atoms with Crippen molar-refractivity contribution < 1.29 is 14.3 Å². The lowest BCUT2D eigenvalue weighted by atomic mass is 10.2. The quantitative estimate of drug-likeness (QED) is 0.745. The largest absolute Gasteiger partial charge is 0.462 e. The molecule has 0 spiro atoms. The molecule has 0 saturated carbocycles. The first-order chi connectivity index (χ1) is 11.6. The third-order valence-electron chi connectivity index (χ3n) is 3.45. The molecule has 128 valence electrons. The minimum absolute atomic E-state index is 0.0720. The minimum Gasteiger partial charge on any atom is -0.462 e. The van der Waals surface area contributed by atoms with Gasteiger partial charge in [-0.05, 0) is 49.2 Å². The molecule has 5 nitrogen and oxygen atoms in total. The summed E-state index contributed by atoms with van der Waals surface area (Å²) in [4.78, 5) is 27.1. The number of benzene rings is 1. The van der Waals surface area contributed by atoms with Crippen molar-refractivity contribution in [2.24, 2.45) is 0 Å².